The van der Waals surface area contributed by atoms with Crippen molar-refractivity contribution in [1.29, 1.82) is 0 Å². The van der Waals surface area contributed by atoms with Crippen LogP contribution >= 0.6 is 11.3 Å². The SMILES string of the molecule is CCOC(=O)Cc1c(C(C)=O)sc([S-])c1-[n+]1cc(C)cc(C)c1. The first-order valence-corrected chi connectivity index (χ1v) is 8.55. The van der Waals surface area contributed by atoms with E-state index in [1.165, 1.54) is 18.3 Å². The molecule has 0 aliphatic carbocycles. The molecule has 0 amide bonds. The third kappa shape index (κ3) is 3.95. The summed E-state index contributed by atoms with van der Waals surface area (Å²) in [7, 11) is 0. The molecule has 0 atom stereocenters. The minimum atomic E-state index is -0.353. The summed E-state index contributed by atoms with van der Waals surface area (Å²) in [5.41, 5.74) is 3.55. The first-order chi connectivity index (χ1) is 10.8. The van der Waals surface area contributed by atoms with Crippen molar-refractivity contribution in [2.24, 2.45) is 0 Å². The van der Waals surface area contributed by atoms with Gasteiger partial charge < -0.3 is 28.7 Å². The Kier molecular flexibility index (Phi) is 5.49. The number of esters is 1. The Morgan fingerprint density at radius 1 is 1.26 bits per heavy atom. The van der Waals surface area contributed by atoms with E-state index in [0.717, 1.165) is 16.8 Å². The van der Waals surface area contributed by atoms with Crippen LogP contribution < -0.4 is 4.57 Å². The van der Waals surface area contributed by atoms with E-state index in [9.17, 15) is 9.59 Å². The second-order valence-electron chi connectivity index (χ2n) is 5.38. The summed E-state index contributed by atoms with van der Waals surface area (Å²) < 4.78 is 7.55. The van der Waals surface area contributed by atoms with Crippen molar-refractivity contribution in [2.75, 3.05) is 6.61 Å². The summed E-state index contributed by atoms with van der Waals surface area (Å²) in [4.78, 5) is 24.4. The van der Waals surface area contributed by atoms with Crippen molar-refractivity contribution in [2.45, 2.75) is 38.3 Å². The van der Waals surface area contributed by atoms with Crippen LogP contribution in [0.2, 0.25) is 0 Å². The Hall–Kier alpha value is -1.79. The average Bonchev–Trinajstić information content (AvgIpc) is 2.74. The van der Waals surface area contributed by atoms with Crippen molar-refractivity contribution in [1.82, 2.24) is 0 Å². The molecule has 0 aliphatic heterocycles. The maximum Gasteiger partial charge on any atom is 0.310 e. The lowest BCUT2D eigenvalue weighted by molar-refractivity contribution is -0.598. The Bertz CT molecular complexity index is 745. The molecule has 0 unspecified atom stereocenters. The number of carbonyl (C=O) groups excluding carboxylic acids is 2. The fourth-order valence-electron chi connectivity index (χ4n) is 2.54. The molecular weight excluding hydrogens is 330 g/mol. The molecule has 0 fully saturated rings. The van der Waals surface area contributed by atoms with Crippen molar-refractivity contribution in [3.63, 3.8) is 0 Å². The van der Waals surface area contributed by atoms with Gasteiger partial charge in [0, 0.05) is 16.7 Å². The number of rotatable bonds is 5. The Balaban J connectivity index is 2.61. The number of thiophene rings is 1. The van der Waals surface area contributed by atoms with E-state index in [1.807, 2.05) is 30.8 Å². The van der Waals surface area contributed by atoms with Gasteiger partial charge in [-0.1, -0.05) is 0 Å². The van der Waals surface area contributed by atoms with Gasteiger partial charge in [0.1, 0.15) is 0 Å². The number of ketones is 1. The minimum Gasteiger partial charge on any atom is -0.466 e. The second-order valence-corrected chi connectivity index (χ2v) is 7.07. The summed E-state index contributed by atoms with van der Waals surface area (Å²) in [5, 5.41) is 0. The van der Waals surface area contributed by atoms with Gasteiger partial charge in [0.25, 0.3) is 0 Å². The summed E-state index contributed by atoms with van der Waals surface area (Å²) in [5.74, 6) is -0.439. The zero-order valence-electron chi connectivity index (χ0n) is 13.6. The average molecular weight is 349 g/mol. The van der Waals surface area contributed by atoms with Crippen molar-refractivity contribution in [3.05, 3.63) is 40.0 Å². The van der Waals surface area contributed by atoms with Crippen LogP contribution in [0.4, 0.5) is 0 Å². The lowest BCUT2D eigenvalue weighted by Crippen LogP contribution is -2.33. The molecule has 2 rings (SSSR count). The van der Waals surface area contributed by atoms with Crippen LogP contribution in [-0.4, -0.2) is 18.4 Å². The summed E-state index contributed by atoms with van der Waals surface area (Å²) in [6.07, 6.45) is 3.94. The van der Waals surface area contributed by atoms with Crippen LogP contribution in [0.15, 0.2) is 22.7 Å². The maximum atomic E-state index is 11.9. The molecule has 0 aromatic carbocycles. The summed E-state index contributed by atoms with van der Waals surface area (Å²) in [6, 6.07) is 2.06. The van der Waals surface area contributed by atoms with E-state index < -0.39 is 0 Å². The molecule has 122 valence electrons. The van der Waals surface area contributed by atoms with Gasteiger partial charge in [0.15, 0.2) is 18.2 Å². The summed E-state index contributed by atoms with van der Waals surface area (Å²) >= 11 is 6.71. The fourth-order valence-corrected chi connectivity index (χ4v) is 3.96. The van der Waals surface area contributed by atoms with Gasteiger partial charge in [-0.3, -0.25) is 9.59 Å². The van der Waals surface area contributed by atoms with E-state index in [-0.39, 0.29) is 18.2 Å². The molecule has 0 saturated heterocycles. The van der Waals surface area contributed by atoms with Gasteiger partial charge in [-0.25, -0.2) is 0 Å². The van der Waals surface area contributed by atoms with E-state index in [2.05, 4.69) is 6.07 Å². The van der Waals surface area contributed by atoms with Crippen LogP contribution in [-0.2, 0) is 28.6 Å². The number of nitrogens with zero attached hydrogens (tertiary/aromatic N) is 1. The molecule has 0 radical (unpaired) electrons. The Labute approximate surface area is 145 Å². The minimum absolute atomic E-state index is 0.0468. The van der Waals surface area contributed by atoms with Crippen molar-refractivity contribution in [3.8, 4) is 5.69 Å². The first-order valence-electron chi connectivity index (χ1n) is 7.32. The molecule has 2 aromatic rings. The largest absolute Gasteiger partial charge is 0.466 e. The molecule has 4 nitrogen and oxygen atoms in total. The fraction of sp³-hybridized carbons (Fsp3) is 0.353. The van der Waals surface area contributed by atoms with Gasteiger partial charge >= 0.3 is 5.97 Å². The molecule has 2 aromatic heterocycles. The van der Waals surface area contributed by atoms with E-state index in [4.69, 9.17) is 17.4 Å². The Morgan fingerprint density at radius 2 is 1.87 bits per heavy atom. The smallest absolute Gasteiger partial charge is 0.310 e. The Morgan fingerprint density at radius 3 is 2.39 bits per heavy atom. The molecule has 0 spiro atoms. The summed E-state index contributed by atoms with van der Waals surface area (Å²) in [6.45, 7) is 7.55. The maximum absolute atomic E-state index is 11.9. The molecule has 6 heteroatoms. The van der Waals surface area contributed by atoms with Gasteiger partial charge in [-0.15, -0.1) is 0 Å². The van der Waals surface area contributed by atoms with Gasteiger partial charge in [0.05, 0.1) is 13.0 Å². The van der Waals surface area contributed by atoms with E-state index in [1.54, 1.807) is 6.92 Å². The van der Waals surface area contributed by atoms with Crippen LogP contribution in [0.1, 0.15) is 40.2 Å². The zero-order valence-corrected chi connectivity index (χ0v) is 15.3. The number of aromatic nitrogens is 1. The number of pyridine rings is 1. The zero-order chi connectivity index (χ0) is 17.1. The third-order valence-corrected chi connectivity index (χ3v) is 4.85. The van der Waals surface area contributed by atoms with Gasteiger partial charge in [0.2, 0.25) is 5.69 Å². The second kappa shape index (κ2) is 7.19. The molecular formula is C17H19NO3S2. The highest BCUT2D eigenvalue weighted by Crippen LogP contribution is 2.30. The number of aryl methyl sites for hydroxylation is 2. The van der Waals surface area contributed by atoms with Crippen molar-refractivity contribution >= 4 is 35.7 Å². The molecule has 0 bridgehead atoms. The monoisotopic (exact) mass is 349 g/mol. The van der Waals surface area contributed by atoms with E-state index in [0.29, 0.717) is 21.3 Å². The predicted octanol–water partition coefficient (Wildman–Crippen LogP) is 2.86. The normalized spacial score (nSPS) is 10.6. The van der Waals surface area contributed by atoms with Crippen LogP contribution in [0.25, 0.3) is 5.69 Å². The quantitative estimate of drug-likeness (QED) is 0.360. The molecule has 0 aliphatic rings. The van der Waals surface area contributed by atoms with Crippen molar-refractivity contribution < 1.29 is 18.9 Å². The molecule has 0 saturated carbocycles. The number of hydrogen-bond acceptors (Lipinski definition) is 5. The molecule has 2 heterocycles. The lowest BCUT2D eigenvalue weighted by Gasteiger charge is -2.07. The third-order valence-electron chi connectivity index (χ3n) is 3.29. The first kappa shape index (κ1) is 17.6. The predicted molar refractivity (Wildman–Crippen MR) is 91.3 cm³/mol. The van der Waals surface area contributed by atoms with Crippen LogP contribution in [0.5, 0.6) is 0 Å². The number of hydrogen-bond donors (Lipinski definition) is 0. The molecule has 0 N–H and O–H groups in total. The number of ether oxygens (including phenoxy) is 1. The number of Topliss-reactive ketones (excluding diaryl/α,β-unsaturated/α-hetero) is 1. The highest BCUT2D eigenvalue weighted by Gasteiger charge is 2.23. The molecule has 23 heavy (non-hydrogen) atoms. The van der Waals surface area contributed by atoms with Gasteiger partial charge in [-0.05, 0) is 42.8 Å². The van der Waals surface area contributed by atoms with Crippen LogP contribution in [0, 0.1) is 13.8 Å². The standard InChI is InChI=1S/C17H19NO3S2/c1-5-21-14(20)7-13-15(17(22)23-16(13)12(4)19)18-8-10(2)6-11(3)9-18/h6,8-9H,5,7H2,1-4H3. The highest BCUT2D eigenvalue weighted by atomic mass is 32.2. The van der Waals surface area contributed by atoms with Crippen LogP contribution in [0.3, 0.4) is 0 Å². The lowest BCUT2D eigenvalue weighted by atomic mass is 10.1. The number of carbonyl (C=O) groups is 2. The highest BCUT2D eigenvalue weighted by molar-refractivity contribution is 7.63. The van der Waals surface area contributed by atoms with E-state index >= 15 is 0 Å². The topological polar surface area (TPSA) is 47.3 Å². The van der Waals surface area contributed by atoms with Gasteiger partial charge in [-0.2, -0.15) is 4.57 Å².